The Morgan fingerprint density at radius 1 is 1.11 bits per heavy atom. The number of nitrogens with zero attached hydrogens (tertiary/aromatic N) is 4. The lowest BCUT2D eigenvalue weighted by atomic mass is 10.0. The topological polar surface area (TPSA) is 118 Å². The summed E-state index contributed by atoms with van der Waals surface area (Å²) >= 11 is 0. The van der Waals surface area contributed by atoms with Crippen LogP contribution in [0.25, 0.3) is 33.5 Å². The quantitative estimate of drug-likeness (QED) is 0.288. The van der Waals surface area contributed by atoms with Crippen LogP contribution in [-0.2, 0) is 19.9 Å². The number of aryl methyl sites for hydroxylation is 2. The van der Waals surface area contributed by atoms with Crippen molar-refractivity contribution in [3.63, 3.8) is 0 Å². The second kappa shape index (κ2) is 9.77. The van der Waals surface area contributed by atoms with Crippen molar-refractivity contribution >= 4 is 22.8 Å². The molecule has 5 rings (SSSR count). The number of amides is 1. The molecule has 3 N–H and O–H groups in total. The average Bonchev–Trinajstić information content (AvgIpc) is 3.48. The number of carbonyl (C=O) groups is 1. The van der Waals surface area contributed by atoms with Crippen LogP contribution in [-0.4, -0.2) is 42.9 Å². The van der Waals surface area contributed by atoms with E-state index in [2.05, 4.69) is 39.2 Å². The van der Waals surface area contributed by atoms with E-state index in [0.29, 0.717) is 34.2 Å². The summed E-state index contributed by atoms with van der Waals surface area (Å²) in [6, 6.07) is 14.3. The van der Waals surface area contributed by atoms with Gasteiger partial charge >= 0.3 is 0 Å². The number of aromatic nitrogens is 5. The van der Waals surface area contributed by atoms with Gasteiger partial charge in [-0.05, 0) is 60.9 Å². The number of ether oxygens (including phenoxy) is 1. The van der Waals surface area contributed by atoms with Crippen LogP contribution in [0.3, 0.4) is 0 Å². The fourth-order valence-electron chi connectivity index (χ4n) is 4.56. The van der Waals surface area contributed by atoms with E-state index in [0.717, 1.165) is 40.7 Å². The molecule has 3 heterocycles. The lowest BCUT2D eigenvalue weighted by Crippen LogP contribution is -2.15. The summed E-state index contributed by atoms with van der Waals surface area (Å²) in [6.07, 6.45) is 3.25. The maximum absolute atomic E-state index is 13.1. The number of pyridine rings is 1. The predicted molar refractivity (Wildman–Crippen MR) is 143 cm³/mol. The molecular weight excluding hydrogens is 468 g/mol. The van der Waals surface area contributed by atoms with Crippen molar-refractivity contribution in [3.05, 3.63) is 71.5 Å². The molecule has 0 bridgehead atoms. The third-order valence-corrected chi connectivity index (χ3v) is 6.42. The van der Waals surface area contributed by atoms with Gasteiger partial charge in [0.1, 0.15) is 17.4 Å². The van der Waals surface area contributed by atoms with Crippen molar-refractivity contribution in [3.8, 4) is 34.1 Å². The largest absolute Gasteiger partial charge is 0.507 e. The summed E-state index contributed by atoms with van der Waals surface area (Å²) in [5.41, 5.74) is 6.02. The number of imidazole rings is 1. The molecule has 0 unspecified atom stereocenters. The number of hydrogen-bond acceptors (Lipinski definition) is 6. The molecule has 188 valence electrons. The minimum Gasteiger partial charge on any atom is -0.507 e. The molecule has 0 aliphatic rings. The highest BCUT2D eigenvalue weighted by molar-refractivity contribution is 6.06. The zero-order valence-electron chi connectivity index (χ0n) is 21.2. The van der Waals surface area contributed by atoms with E-state index < -0.39 is 0 Å². The van der Waals surface area contributed by atoms with Crippen molar-refractivity contribution in [1.29, 1.82) is 0 Å². The molecule has 1 amide bonds. The van der Waals surface area contributed by atoms with Gasteiger partial charge < -0.3 is 20.1 Å². The number of aromatic amines is 1. The van der Waals surface area contributed by atoms with Gasteiger partial charge in [0.2, 0.25) is 5.88 Å². The van der Waals surface area contributed by atoms with Crippen LogP contribution in [0.4, 0.5) is 5.82 Å². The lowest BCUT2D eigenvalue weighted by Gasteiger charge is -2.09. The van der Waals surface area contributed by atoms with Gasteiger partial charge in [0.15, 0.2) is 0 Å². The first-order chi connectivity index (χ1) is 17.9. The number of anilines is 1. The van der Waals surface area contributed by atoms with Gasteiger partial charge in [-0.15, -0.1) is 0 Å². The summed E-state index contributed by atoms with van der Waals surface area (Å²) in [7, 11) is 3.40. The number of carbonyl (C=O) groups excluding carboxylic acids is 1. The van der Waals surface area contributed by atoms with Gasteiger partial charge in [0.05, 0.1) is 29.4 Å². The minimum atomic E-state index is -0.236. The first kappa shape index (κ1) is 24.1. The van der Waals surface area contributed by atoms with E-state index in [1.807, 2.05) is 31.3 Å². The van der Waals surface area contributed by atoms with Crippen LogP contribution in [0.2, 0.25) is 0 Å². The molecule has 37 heavy (non-hydrogen) atoms. The van der Waals surface area contributed by atoms with E-state index in [9.17, 15) is 9.90 Å². The monoisotopic (exact) mass is 496 g/mol. The zero-order valence-corrected chi connectivity index (χ0v) is 21.2. The highest BCUT2D eigenvalue weighted by Gasteiger charge is 2.18. The molecule has 9 nitrogen and oxygen atoms in total. The fraction of sp³-hybridized carbons (Fsp3) is 0.214. The Bertz CT molecular complexity index is 1620. The number of phenols is 1. The number of phenolic OH excluding ortho intramolecular Hbond substituents is 1. The molecule has 9 heteroatoms. The maximum atomic E-state index is 13.1. The number of methoxy groups -OCH3 is 1. The van der Waals surface area contributed by atoms with Crippen molar-refractivity contribution in [2.75, 3.05) is 12.4 Å². The third kappa shape index (κ3) is 4.40. The van der Waals surface area contributed by atoms with Gasteiger partial charge in [-0.25, -0.2) is 9.97 Å². The number of rotatable bonds is 7. The van der Waals surface area contributed by atoms with Crippen LogP contribution in [0.1, 0.15) is 35.5 Å². The zero-order chi connectivity index (χ0) is 26.1. The second-order valence-corrected chi connectivity index (χ2v) is 8.67. The Balaban J connectivity index is 1.48. The summed E-state index contributed by atoms with van der Waals surface area (Å²) in [5, 5.41) is 18.2. The predicted octanol–water partition coefficient (Wildman–Crippen LogP) is 5.12. The number of benzene rings is 2. The Hall–Kier alpha value is -4.66. The van der Waals surface area contributed by atoms with Gasteiger partial charge in [-0.2, -0.15) is 5.10 Å². The van der Waals surface area contributed by atoms with E-state index in [1.54, 1.807) is 42.3 Å². The number of H-pyrrole nitrogens is 1. The smallest absolute Gasteiger partial charge is 0.256 e. The fourth-order valence-corrected chi connectivity index (χ4v) is 4.56. The second-order valence-electron chi connectivity index (χ2n) is 8.67. The van der Waals surface area contributed by atoms with Gasteiger partial charge in [-0.3, -0.25) is 9.48 Å². The van der Waals surface area contributed by atoms with Gasteiger partial charge in [0, 0.05) is 29.9 Å². The molecule has 5 aromatic rings. The normalized spacial score (nSPS) is 11.1. The highest BCUT2D eigenvalue weighted by Crippen LogP contribution is 2.35. The molecular formula is C28H28N6O3. The SMILES string of the molecule is CCc1nn(C)c(NC(=O)c2ccc3[nH]c(-c4cc(-c5cccnc5OC)ccc4O)nc3c2)c1CC. The Morgan fingerprint density at radius 2 is 1.95 bits per heavy atom. The molecule has 0 aliphatic heterocycles. The maximum Gasteiger partial charge on any atom is 0.256 e. The molecule has 0 aliphatic carbocycles. The third-order valence-electron chi connectivity index (χ3n) is 6.42. The Morgan fingerprint density at radius 3 is 2.70 bits per heavy atom. The van der Waals surface area contributed by atoms with Crippen LogP contribution < -0.4 is 10.1 Å². The van der Waals surface area contributed by atoms with Crippen LogP contribution in [0, 0.1) is 0 Å². The first-order valence-corrected chi connectivity index (χ1v) is 12.1. The summed E-state index contributed by atoms with van der Waals surface area (Å²) in [6.45, 7) is 4.11. The van der Waals surface area contributed by atoms with E-state index >= 15 is 0 Å². The van der Waals surface area contributed by atoms with E-state index in [1.165, 1.54) is 0 Å². The van der Waals surface area contributed by atoms with Crippen molar-refractivity contribution in [2.45, 2.75) is 26.7 Å². The molecule has 0 fully saturated rings. The molecule has 0 radical (unpaired) electrons. The van der Waals surface area contributed by atoms with E-state index in [4.69, 9.17) is 4.74 Å². The van der Waals surface area contributed by atoms with Crippen molar-refractivity contribution < 1.29 is 14.6 Å². The highest BCUT2D eigenvalue weighted by atomic mass is 16.5. The van der Waals surface area contributed by atoms with Gasteiger partial charge in [-0.1, -0.05) is 19.9 Å². The number of nitrogens with one attached hydrogen (secondary N) is 2. The van der Waals surface area contributed by atoms with Crippen LogP contribution in [0.5, 0.6) is 11.6 Å². The molecule has 3 aromatic heterocycles. The lowest BCUT2D eigenvalue weighted by molar-refractivity contribution is 0.102. The average molecular weight is 497 g/mol. The summed E-state index contributed by atoms with van der Waals surface area (Å²) < 4.78 is 7.11. The van der Waals surface area contributed by atoms with Gasteiger partial charge in [0.25, 0.3) is 5.91 Å². The standard InChI is InChI=1S/C28H28N6O3/c1-5-18-21(6-2)33-34(3)26(18)32-27(36)17-9-11-22-23(15-17)31-25(30-22)20-14-16(10-12-24(20)35)19-8-7-13-29-28(19)37-4/h7-15,35H,5-6H2,1-4H3,(H,30,31)(H,32,36). The molecule has 0 saturated carbocycles. The number of hydrogen-bond donors (Lipinski definition) is 3. The molecule has 0 saturated heterocycles. The molecule has 0 atom stereocenters. The number of aromatic hydroxyl groups is 1. The Labute approximate surface area is 214 Å². The summed E-state index contributed by atoms with van der Waals surface area (Å²) in [4.78, 5) is 25.3. The number of fused-ring (bicyclic) bond motifs is 1. The first-order valence-electron chi connectivity index (χ1n) is 12.1. The molecule has 2 aromatic carbocycles. The molecule has 0 spiro atoms. The summed E-state index contributed by atoms with van der Waals surface area (Å²) in [5.74, 6) is 1.53. The van der Waals surface area contributed by atoms with Crippen LogP contribution in [0.15, 0.2) is 54.7 Å². The van der Waals surface area contributed by atoms with E-state index in [-0.39, 0.29) is 11.7 Å². The van der Waals surface area contributed by atoms with Crippen molar-refractivity contribution in [1.82, 2.24) is 24.7 Å². The van der Waals surface area contributed by atoms with Crippen molar-refractivity contribution in [2.24, 2.45) is 7.05 Å². The van der Waals surface area contributed by atoms with Crippen LogP contribution >= 0.6 is 0 Å². The minimum absolute atomic E-state index is 0.0821. The Kier molecular flexibility index (Phi) is 6.35.